The number of likely N-dealkylation sites (N-methyl/N-ethyl adjacent to an activating group) is 1. The molecular weight excluding hydrogens is 718 g/mol. The topological polar surface area (TPSA) is 126 Å². The van der Waals surface area contributed by atoms with E-state index in [0.29, 0.717) is 29.8 Å². The van der Waals surface area contributed by atoms with Crippen LogP contribution < -0.4 is 9.64 Å². The molecule has 274 valence electrons. The third kappa shape index (κ3) is 6.97. The minimum atomic E-state index is -1.38. The highest BCUT2D eigenvalue weighted by Gasteiger charge is 2.77. The summed E-state index contributed by atoms with van der Waals surface area (Å²) in [6.45, 7) is 11.0. The standard InChI is InChI=1S/C39H48BrN3O8/c1-7-10-16-30(45)41(5)24(4)33(25-14-12-11-13-15-25)50-38(48)31-32-36(46)43(26(9-3)23-44)35(39(32)22-29(40)34(31)51-39)37(47)42(21-8-2)27-17-19-28(49-6)20-18-27/h7-8,11-15,17-20,24,26,29,31-35,44H,1-2,9-10,16,21-23H2,3-6H3/t24-,26+,29?,31+,32-,33+,34+,35+,39-/m1/s1. The van der Waals surface area contributed by atoms with E-state index < -0.39 is 65.6 Å². The SMILES string of the molecule is C=CCCC(=O)N(C)[C@H](C)[C@H](OC(=O)[C@@H]1[C@H]2O[C@@]3(CC2Br)[C@H](C(=O)N(CC=C)c2ccc(OC)cc2)N([C@@H](CC)CO)C(=O)[C@@H]13)c1ccccc1. The molecule has 0 aromatic heterocycles. The van der Waals surface area contributed by atoms with E-state index in [1.54, 1.807) is 55.5 Å². The first-order valence-corrected chi connectivity index (χ1v) is 18.3. The van der Waals surface area contributed by atoms with Crippen molar-refractivity contribution in [2.45, 2.75) is 80.3 Å². The Balaban J connectivity index is 1.54. The smallest absolute Gasteiger partial charge is 0.313 e. The van der Waals surface area contributed by atoms with Crippen LogP contribution in [0.5, 0.6) is 5.75 Å². The van der Waals surface area contributed by atoms with Crippen LogP contribution in [0.25, 0.3) is 0 Å². The highest BCUT2D eigenvalue weighted by atomic mass is 79.9. The van der Waals surface area contributed by atoms with E-state index in [-0.39, 0.29) is 36.7 Å². The Morgan fingerprint density at radius 3 is 2.41 bits per heavy atom. The summed E-state index contributed by atoms with van der Waals surface area (Å²) in [5.74, 6) is -3.11. The van der Waals surface area contributed by atoms with Gasteiger partial charge in [-0.1, -0.05) is 65.3 Å². The van der Waals surface area contributed by atoms with Crippen molar-refractivity contribution < 1.29 is 38.5 Å². The van der Waals surface area contributed by atoms with Crippen molar-refractivity contribution >= 4 is 45.3 Å². The molecule has 5 rings (SSSR count). The Hall–Kier alpha value is -4.00. The van der Waals surface area contributed by atoms with Crippen LogP contribution in [-0.2, 0) is 28.7 Å². The summed E-state index contributed by atoms with van der Waals surface area (Å²) < 4.78 is 18.4. The number of amides is 3. The lowest BCUT2D eigenvalue weighted by molar-refractivity contribution is -0.165. The van der Waals surface area contributed by atoms with Crippen LogP contribution in [0.3, 0.4) is 0 Å². The van der Waals surface area contributed by atoms with Crippen molar-refractivity contribution in [3.8, 4) is 5.75 Å². The lowest BCUT2D eigenvalue weighted by atomic mass is 9.70. The largest absolute Gasteiger partial charge is 0.497 e. The molecule has 0 saturated carbocycles. The number of alkyl halides is 1. The molecule has 3 amide bonds. The average Bonchev–Trinajstić information content (AvgIpc) is 3.75. The van der Waals surface area contributed by atoms with Gasteiger partial charge in [0.05, 0.1) is 43.7 Å². The maximum Gasteiger partial charge on any atom is 0.313 e. The van der Waals surface area contributed by atoms with Crippen LogP contribution in [0.1, 0.15) is 51.2 Å². The number of carbonyl (C=O) groups excluding carboxylic acids is 4. The van der Waals surface area contributed by atoms with E-state index in [1.807, 2.05) is 44.2 Å². The van der Waals surface area contributed by atoms with Gasteiger partial charge in [-0.15, -0.1) is 13.2 Å². The molecule has 3 aliphatic heterocycles. The van der Waals surface area contributed by atoms with E-state index in [0.717, 1.165) is 0 Å². The van der Waals surface area contributed by atoms with Crippen molar-refractivity contribution in [1.29, 1.82) is 0 Å². The van der Waals surface area contributed by atoms with Gasteiger partial charge in [-0.25, -0.2) is 0 Å². The van der Waals surface area contributed by atoms with E-state index in [9.17, 15) is 24.3 Å². The van der Waals surface area contributed by atoms with Crippen LogP contribution in [-0.4, -0.2) is 101 Å². The minimum Gasteiger partial charge on any atom is -0.497 e. The summed E-state index contributed by atoms with van der Waals surface area (Å²) in [4.78, 5) is 61.3. The van der Waals surface area contributed by atoms with Crippen LogP contribution >= 0.6 is 15.9 Å². The van der Waals surface area contributed by atoms with Gasteiger partial charge in [0.2, 0.25) is 11.8 Å². The Bertz CT molecular complexity index is 1600. The van der Waals surface area contributed by atoms with Crippen molar-refractivity contribution in [2.75, 3.05) is 32.2 Å². The zero-order valence-corrected chi connectivity index (χ0v) is 31.2. The first-order valence-electron chi connectivity index (χ1n) is 17.4. The number of aliphatic hydroxyl groups is 1. The van der Waals surface area contributed by atoms with E-state index in [1.165, 1.54) is 9.80 Å². The van der Waals surface area contributed by atoms with Crippen molar-refractivity contribution in [3.63, 3.8) is 0 Å². The summed E-state index contributed by atoms with van der Waals surface area (Å²) >= 11 is 3.73. The number of esters is 1. The second-order valence-electron chi connectivity index (χ2n) is 13.4. The number of ether oxygens (including phenoxy) is 3. The molecule has 0 radical (unpaired) electrons. The lowest BCUT2D eigenvalue weighted by Crippen LogP contribution is -2.59. The predicted octanol–water partition coefficient (Wildman–Crippen LogP) is 4.83. The Kier molecular flexibility index (Phi) is 12.1. The number of nitrogens with zero attached hydrogens (tertiary/aromatic N) is 3. The lowest BCUT2D eigenvalue weighted by Gasteiger charge is -2.39. The maximum atomic E-state index is 14.9. The second-order valence-corrected chi connectivity index (χ2v) is 14.6. The molecule has 12 heteroatoms. The first kappa shape index (κ1) is 38.2. The van der Waals surface area contributed by atoms with Crippen LogP contribution in [0.2, 0.25) is 0 Å². The molecule has 3 fully saturated rings. The number of carbonyl (C=O) groups is 4. The number of benzene rings is 2. The van der Waals surface area contributed by atoms with E-state index >= 15 is 0 Å². The zero-order chi connectivity index (χ0) is 37.0. The molecule has 2 aromatic carbocycles. The third-order valence-electron chi connectivity index (χ3n) is 10.6. The average molecular weight is 767 g/mol. The zero-order valence-electron chi connectivity index (χ0n) is 29.7. The fourth-order valence-electron chi connectivity index (χ4n) is 7.91. The molecular formula is C39H48BrN3O8. The molecule has 2 bridgehead atoms. The van der Waals surface area contributed by atoms with Crippen LogP contribution in [0.4, 0.5) is 5.69 Å². The summed E-state index contributed by atoms with van der Waals surface area (Å²) in [5, 5.41) is 10.5. The van der Waals surface area contributed by atoms with E-state index in [4.69, 9.17) is 14.2 Å². The van der Waals surface area contributed by atoms with Gasteiger partial charge < -0.3 is 34.0 Å². The van der Waals surface area contributed by atoms with Crippen LogP contribution in [0.15, 0.2) is 79.9 Å². The van der Waals surface area contributed by atoms with Crippen molar-refractivity contribution in [2.24, 2.45) is 11.8 Å². The second kappa shape index (κ2) is 16.1. The Labute approximate surface area is 308 Å². The number of halogens is 1. The molecule has 11 nitrogen and oxygen atoms in total. The van der Waals surface area contributed by atoms with Gasteiger partial charge in [-0.2, -0.15) is 0 Å². The molecule has 3 heterocycles. The number of likely N-dealkylation sites (tertiary alicyclic amines) is 1. The minimum absolute atomic E-state index is 0.124. The van der Waals surface area contributed by atoms with Gasteiger partial charge in [0.15, 0.2) is 0 Å². The molecule has 1 spiro atoms. The van der Waals surface area contributed by atoms with Gasteiger partial charge in [0.25, 0.3) is 5.91 Å². The quantitative estimate of drug-likeness (QED) is 0.146. The number of allylic oxidation sites excluding steroid dienone is 1. The summed E-state index contributed by atoms with van der Waals surface area (Å²) in [7, 11) is 3.23. The third-order valence-corrected chi connectivity index (χ3v) is 11.5. The number of rotatable bonds is 16. The number of fused-ring (bicyclic) bond motifs is 1. The highest BCUT2D eigenvalue weighted by Crippen LogP contribution is 2.61. The summed E-state index contributed by atoms with van der Waals surface area (Å²) in [6, 6.07) is 13.8. The monoisotopic (exact) mass is 765 g/mol. The fraction of sp³-hybridized carbons (Fsp3) is 0.487. The number of aliphatic hydroxyl groups excluding tert-OH is 1. The first-order chi connectivity index (χ1) is 24.5. The molecule has 9 atom stereocenters. The van der Waals surface area contributed by atoms with Gasteiger partial charge in [-0.05, 0) is 56.0 Å². The molecule has 1 N–H and O–H groups in total. The highest BCUT2D eigenvalue weighted by molar-refractivity contribution is 9.09. The Morgan fingerprint density at radius 1 is 1.14 bits per heavy atom. The Morgan fingerprint density at radius 2 is 1.82 bits per heavy atom. The molecule has 3 saturated heterocycles. The van der Waals surface area contributed by atoms with Gasteiger partial charge >= 0.3 is 5.97 Å². The number of hydrogen-bond acceptors (Lipinski definition) is 8. The predicted molar refractivity (Wildman–Crippen MR) is 196 cm³/mol. The molecule has 1 unspecified atom stereocenters. The number of hydrogen-bond donors (Lipinski definition) is 1. The molecule has 51 heavy (non-hydrogen) atoms. The fourth-order valence-corrected chi connectivity index (χ4v) is 8.85. The number of methoxy groups -OCH3 is 1. The summed E-state index contributed by atoms with van der Waals surface area (Å²) in [5.41, 5.74) is -0.124. The van der Waals surface area contributed by atoms with Crippen molar-refractivity contribution in [3.05, 3.63) is 85.5 Å². The molecule has 0 aliphatic carbocycles. The van der Waals surface area contributed by atoms with Crippen LogP contribution in [0, 0.1) is 11.8 Å². The van der Waals surface area contributed by atoms with E-state index in [2.05, 4.69) is 29.1 Å². The van der Waals surface area contributed by atoms with Gasteiger partial charge in [0.1, 0.15) is 23.5 Å². The molecule has 2 aromatic rings. The van der Waals surface area contributed by atoms with Gasteiger partial charge in [0, 0.05) is 30.5 Å². The maximum absolute atomic E-state index is 14.9. The van der Waals surface area contributed by atoms with Gasteiger partial charge in [-0.3, -0.25) is 19.2 Å². The number of anilines is 1. The molecule has 3 aliphatic rings. The summed E-state index contributed by atoms with van der Waals surface area (Å²) in [6.07, 6.45) is 3.10. The normalized spacial score (nSPS) is 26.5. The van der Waals surface area contributed by atoms with Crippen molar-refractivity contribution in [1.82, 2.24) is 9.80 Å².